The Morgan fingerprint density at radius 3 is 2.68 bits per heavy atom. The normalized spacial score (nSPS) is 16.6. The van der Waals surface area contributed by atoms with Gasteiger partial charge in [0.2, 0.25) is 0 Å². The maximum atomic E-state index is 12.6. The predicted octanol–water partition coefficient (Wildman–Crippen LogP) is 3.94. The van der Waals surface area contributed by atoms with E-state index in [4.69, 9.17) is 0 Å². The smallest absolute Gasteiger partial charge is 0.268 e. The average molecular weight is 310 g/mol. The molecule has 1 aromatic carbocycles. The second kappa shape index (κ2) is 5.77. The summed E-state index contributed by atoms with van der Waals surface area (Å²) in [6.07, 6.45) is 5.02. The molecule has 3 rings (SSSR count). The molecule has 0 bridgehead atoms. The van der Waals surface area contributed by atoms with Crippen LogP contribution in [0.1, 0.15) is 16.7 Å². The first-order valence-electron chi connectivity index (χ1n) is 6.82. The van der Waals surface area contributed by atoms with Gasteiger partial charge in [0.05, 0.1) is 10.6 Å². The van der Waals surface area contributed by atoms with Gasteiger partial charge in [-0.3, -0.25) is 14.6 Å². The molecule has 1 aliphatic heterocycles. The van der Waals surface area contributed by atoms with Crippen molar-refractivity contribution in [1.82, 2.24) is 4.98 Å². The Morgan fingerprint density at radius 2 is 1.95 bits per heavy atom. The van der Waals surface area contributed by atoms with Crippen molar-refractivity contribution in [2.45, 2.75) is 13.8 Å². The molecule has 5 heteroatoms. The summed E-state index contributed by atoms with van der Waals surface area (Å²) >= 11 is 0.957. The van der Waals surface area contributed by atoms with Gasteiger partial charge in [-0.25, -0.2) is 4.90 Å². The Kier molecular flexibility index (Phi) is 3.81. The van der Waals surface area contributed by atoms with E-state index in [1.165, 1.54) is 4.90 Å². The van der Waals surface area contributed by atoms with Crippen LogP contribution in [0.3, 0.4) is 0 Å². The minimum absolute atomic E-state index is 0.270. The van der Waals surface area contributed by atoms with Gasteiger partial charge in [0.25, 0.3) is 11.1 Å². The highest BCUT2D eigenvalue weighted by Gasteiger charge is 2.37. The van der Waals surface area contributed by atoms with E-state index < -0.39 is 0 Å². The molecular weight excluding hydrogens is 296 g/mol. The third-order valence-corrected chi connectivity index (χ3v) is 4.46. The van der Waals surface area contributed by atoms with Crippen molar-refractivity contribution in [1.29, 1.82) is 0 Å². The van der Waals surface area contributed by atoms with Crippen LogP contribution in [0.4, 0.5) is 10.5 Å². The first-order valence-corrected chi connectivity index (χ1v) is 7.64. The number of nitrogens with zero attached hydrogens (tertiary/aromatic N) is 2. The number of pyridine rings is 1. The predicted molar refractivity (Wildman–Crippen MR) is 88.6 cm³/mol. The summed E-state index contributed by atoms with van der Waals surface area (Å²) in [5.74, 6) is -0.285. The van der Waals surface area contributed by atoms with Crippen molar-refractivity contribution in [2.75, 3.05) is 4.90 Å². The molecule has 1 aromatic heterocycles. The minimum atomic E-state index is -0.285. The molecule has 110 valence electrons. The zero-order valence-corrected chi connectivity index (χ0v) is 13.1. The van der Waals surface area contributed by atoms with Gasteiger partial charge in [-0.15, -0.1) is 0 Å². The Hall–Kier alpha value is -2.40. The van der Waals surface area contributed by atoms with E-state index in [-0.39, 0.29) is 11.1 Å². The molecule has 0 aliphatic carbocycles. The maximum Gasteiger partial charge on any atom is 0.298 e. The van der Waals surface area contributed by atoms with Crippen molar-refractivity contribution >= 4 is 34.7 Å². The van der Waals surface area contributed by atoms with E-state index in [9.17, 15) is 9.59 Å². The summed E-state index contributed by atoms with van der Waals surface area (Å²) in [4.78, 5) is 30.5. The van der Waals surface area contributed by atoms with Crippen LogP contribution >= 0.6 is 11.8 Å². The van der Waals surface area contributed by atoms with Crippen molar-refractivity contribution in [3.8, 4) is 0 Å². The van der Waals surface area contributed by atoms with E-state index in [1.807, 2.05) is 32.0 Å². The lowest BCUT2D eigenvalue weighted by Gasteiger charge is -2.16. The van der Waals surface area contributed by atoms with Crippen LogP contribution in [0.2, 0.25) is 0 Å². The lowest BCUT2D eigenvalue weighted by Crippen LogP contribution is -2.28. The molecule has 1 aliphatic rings. The Labute approximate surface area is 132 Å². The fourth-order valence-electron chi connectivity index (χ4n) is 2.27. The molecule has 2 aromatic rings. The number of aryl methyl sites for hydroxylation is 1. The number of amides is 2. The highest BCUT2D eigenvalue weighted by molar-refractivity contribution is 8.19. The zero-order chi connectivity index (χ0) is 15.7. The number of carbonyl (C=O) groups is 2. The summed E-state index contributed by atoms with van der Waals surface area (Å²) in [6.45, 7) is 3.88. The first-order chi connectivity index (χ1) is 10.6. The Morgan fingerprint density at radius 1 is 1.14 bits per heavy atom. The van der Waals surface area contributed by atoms with E-state index in [0.29, 0.717) is 10.6 Å². The third-order valence-electron chi connectivity index (χ3n) is 3.59. The number of hydrogen-bond acceptors (Lipinski definition) is 4. The van der Waals surface area contributed by atoms with Crippen LogP contribution in [0.15, 0.2) is 47.6 Å². The molecule has 0 atom stereocenters. The first kappa shape index (κ1) is 14.5. The summed E-state index contributed by atoms with van der Waals surface area (Å²) < 4.78 is 0. The molecule has 0 radical (unpaired) electrons. The molecule has 0 saturated carbocycles. The number of hydrogen-bond donors (Lipinski definition) is 0. The van der Waals surface area contributed by atoms with Crippen LogP contribution in [0.5, 0.6) is 0 Å². The topological polar surface area (TPSA) is 50.3 Å². The highest BCUT2D eigenvalue weighted by atomic mass is 32.2. The van der Waals surface area contributed by atoms with Gasteiger partial charge in [-0.2, -0.15) is 0 Å². The second-order valence-corrected chi connectivity index (χ2v) is 6.02. The minimum Gasteiger partial charge on any atom is -0.268 e. The summed E-state index contributed by atoms with van der Waals surface area (Å²) in [7, 11) is 0. The van der Waals surface area contributed by atoms with Crippen molar-refractivity contribution in [3.63, 3.8) is 0 Å². The summed E-state index contributed by atoms with van der Waals surface area (Å²) in [5.41, 5.74) is 3.44. The fourth-order valence-corrected chi connectivity index (χ4v) is 3.10. The highest BCUT2D eigenvalue weighted by Crippen LogP contribution is 2.37. The number of aromatic nitrogens is 1. The summed E-state index contributed by atoms with van der Waals surface area (Å²) in [5, 5.41) is -0.270. The van der Waals surface area contributed by atoms with Gasteiger partial charge in [0.15, 0.2) is 0 Å². The molecule has 2 amide bonds. The van der Waals surface area contributed by atoms with Crippen LogP contribution in [0.25, 0.3) is 6.08 Å². The largest absolute Gasteiger partial charge is 0.298 e. The van der Waals surface area contributed by atoms with Crippen LogP contribution in [0, 0.1) is 13.8 Å². The number of benzene rings is 1. The van der Waals surface area contributed by atoms with Crippen molar-refractivity contribution in [2.24, 2.45) is 0 Å². The number of anilines is 1. The third kappa shape index (κ3) is 2.55. The molecule has 1 fully saturated rings. The van der Waals surface area contributed by atoms with Gasteiger partial charge in [0, 0.05) is 12.4 Å². The average Bonchev–Trinajstić information content (AvgIpc) is 2.78. The van der Waals surface area contributed by atoms with Gasteiger partial charge >= 0.3 is 0 Å². The van der Waals surface area contributed by atoms with Gasteiger partial charge < -0.3 is 0 Å². The number of thioether (sulfide) groups is 1. The number of carbonyl (C=O) groups excluding carboxylic acids is 2. The monoisotopic (exact) mass is 310 g/mol. The van der Waals surface area contributed by atoms with Crippen LogP contribution in [-0.2, 0) is 4.79 Å². The standard InChI is InChI=1S/C17H14N2O2S/c1-11-5-3-7-14(12(11)2)19-16(20)15(22-17(19)21)9-13-6-4-8-18-10-13/h3-10H,1-2H3/b15-9-. The van der Waals surface area contributed by atoms with Crippen molar-refractivity contribution < 1.29 is 9.59 Å². The lowest BCUT2D eigenvalue weighted by atomic mass is 10.1. The summed E-state index contributed by atoms with van der Waals surface area (Å²) in [6, 6.07) is 9.25. The Balaban J connectivity index is 1.99. The molecule has 0 spiro atoms. The van der Waals surface area contributed by atoms with Gasteiger partial charge in [0.1, 0.15) is 0 Å². The Bertz CT molecular complexity index is 785. The zero-order valence-electron chi connectivity index (χ0n) is 12.2. The SMILES string of the molecule is Cc1cccc(N2C(=O)S/C(=C\c3cccnc3)C2=O)c1C. The number of rotatable bonds is 2. The molecule has 1 saturated heterocycles. The van der Waals surface area contributed by atoms with E-state index in [1.54, 1.807) is 30.6 Å². The molecule has 2 heterocycles. The second-order valence-electron chi connectivity index (χ2n) is 5.02. The maximum absolute atomic E-state index is 12.6. The van der Waals surface area contributed by atoms with Gasteiger partial charge in [-0.1, -0.05) is 18.2 Å². The quantitative estimate of drug-likeness (QED) is 0.788. The molecule has 0 N–H and O–H groups in total. The van der Waals surface area contributed by atoms with Gasteiger partial charge in [-0.05, 0) is 60.5 Å². The molecular formula is C17H14N2O2S. The van der Waals surface area contributed by atoms with E-state index in [0.717, 1.165) is 28.5 Å². The number of imide groups is 1. The lowest BCUT2D eigenvalue weighted by molar-refractivity contribution is -0.113. The molecule has 0 unspecified atom stereocenters. The van der Waals surface area contributed by atoms with Crippen molar-refractivity contribution in [3.05, 3.63) is 64.3 Å². The fraction of sp³-hybridized carbons (Fsp3) is 0.118. The van der Waals surface area contributed by atoms with E-state index >= 15 is 0 Å². The van der Waals surface area contributed by atoms with Crippen LogP contribution < -0.4 is 4.90 Å². The molecule has 22 heavy (non-hydrogen) atoms. The van der Waals surface area contributed by atoms with Crippen LogP contribution in [-0.4, -0.2) is 16.1 Å². The molecule has 4 nitrogen and oxygen atoms in total. The van der Waals surface area contributed by atoms with E-state index in [2.05, 4.69) is 4.98 Å².